The zero-order valence-electron chi connectivity index (χ0n) is 10.5. The maximum absolute atomic E-state index is 9.09. The lowest BCUT2D eigenvalue weighted by Crippen LogP contribution is -2.15. The molecular formula is C12H23N3O. The molecule has 0 saturated heterocycles. The van der Waals surface area contributed by atoms with E-state index in [0.717, 1.165) is 25.9 Å². The minimum Gasteiger partial charge on any atom is -0.393 e. The molecule has 0 aliphatic heterocycles. The molecular weight excluding hydrogens is 202 g/mol. The molecule has 0 amide bonds. The number of aliphatic hydroxyl groups excluding tert-OH is 1. The first-order valence-electron chi connectivity index (χ1n) is 6.01. The fourth-order valence-electron chi connectivity index (χ4n) is 1.51. The van der Waals surface area contributed by atoms with Crippen LogP contribution in [0.25, 0.3) is 0 Å². The van der Waals surface area contributed by atoms with Gasteiger partial charge in [-0.15, -0.1) is 0 Å². The van der Waals surface area contributed by atoms with Gasteiger partial charge in [-0.1, -0.05) is 0 Å². The summed E-state index contributed by atoms with van der Waals surface area (Å²) in [4.78, 5) is 0. The maximum atomic E-state index is 9.09. The van der Waals surface area contributed by atoms with Crippen LogP contribution in [0.3, 0.4) is 0 Å². The van der Waals surface area contributed by atoms with Gasteiger partial charge < -0.3 is 10.4 Å². The van der Waals surface area contributed by atoms with E-state index in [4.69, 9.17) is 5.11 Å². The van der Waals surface area contributed by atoms with Crippen LogP contribution in [-0.4, -0.2) is 27.5 Å². The first kappa shape index (κ1) is 13.2. The van der Waals surface area contributed by atoms with Crippen molar-refractivity contribution in [2.75, 3.05) is 6.54 Å². The van der Waals surface area contributed by atoms with Crippen molar-refractivity contribution in [3.8, 4) is 0 Å². The normalized spacial score (nSPS) is 13.3. The van der Waals surface area contributed by atoms with Gasteiger partial charge in [-0.2, -0.15) is 5.10 Å². The zero-order valence-corrected chi connectivity index (χ0v) is 10.5. The van der Waals surface area contributed by atoms with Crippen LogP contribution in [-0.2, 0) is 6.54 Å². The quantitative estimate of drug-likeness (QED) is 0.695. The minimum atomic E-state index is -0.189. The number of nitrogens with zero attached hydrogens (tertiary/aromatic N) is 2. The first-order valence-corrected chi connectivity index (χ1v) is 6.01. The van der Waals surface area contributed by atoms with Gasteiger partial charge in [0.05, 0.1) is 12.3 Å². The number of hydrogen-bond acceptors (Lipinski definition) is 3. The van der Waals surface area contributed by atoms with E-state index in [0.29, 0.717) is 6.04 Å². The van der Waals surface area contributed by atoms with Gasteiger partial charge in [-0.25, -0.2) is 0 Å². The lowest BCUT2D eigenvalue weighted by molar-refractivity contribution is 0.181. The summed E-state index contributed by atoms with van der Waals surface area (Å²) in [6.07, 6.45) is 5.66. The monoisotopic (exact) mass is 225 g/mol. The van der Waals surface area contributed by atoms with E-state index >= 15 is 0 Å². The Balaban J connectivity index is 2.17. The molecule has 92 valence electrons. The third kappa shape index (κ3) is 4.77. The molecule has 1 atom stereocenters. The molecule has 0 saturated carbocycles. The highest BCUT2D eigenvalue weighted by molar-refractivity contribution is 5.03. The molecule has 1 aromatic heterocycles. The van der Waals surface area contributed by atoms with Crippen molar-refractivity contribution in [1.29, 1.82) is 0 Å². The Morgan fingerprint density at radius 1 is 1.44 bits per heavy atom. The third-order valence-corrected chi connectivity index (χ3v) is 2.49. The van der Waals surface area contributed by atoms with Gasteiger partial charge in [0.25, 0.3) is 0 Å². The van der Waals surface area contributed by atoms with Crippen LogP contribution in [0, 0.1) is 0 Å². The van der Waals surface area contributed by atoms with Crippen molar-refractivity contribution >= 4 is 0 Å². The Labute approximate surface area is 97.7 Å². The van der Waals surface area contributed by atoms with E-state index in [-0.39, 0.29) is 6.10 Å². The number of aliphatic hydroxyl groups is 1. The van der Waals surface area contributed by atoms with Crippen LogP contribution >= 0.6 is 0 Å². The van der Waals surface area contributed by atoms with E-state index in [9.17, 15) is 0 Å². The standard InChI is InChI=1S/C12H23N3O/c1-10(2)15-9-12(8-14-15)7-13-6-4-5-11(3)16/h8-11,13,16H,4-7H2,1-3H3. The van der Waals surface area contributed by atoms with E-state index < -0.39 is 0 Å². The summed E-state index contributed by atoms with van der Waals surface area (Å²) in [6.45, 7) is 7.86. The van der Waals surface area contributed by atoms with Crippen molar-refractivity contribution in [1.82, 2.24) is 15.1 Å². The van der Waals surface area contributed by atoms with Crippen LogP contribution in [0.4, 0.5) is 0 Å². The Kier molecular flexibility index (Phi) is 5.49. The summed E-state index contributed by atoms with van der Waals surface area (Å²) < 4.78 is 1.97. The van der Waals surface area contributed by atoms with Gasteiger partial charge in [0.1, 0.15) is 0 Å². The van der Waals surface area contributed by atoms with Gasteiger partial charge in [0, 0.05) is 24.3 Å². The number of rotatable bonds is 7. The Morgan fingerprint density at radius 2 is 2.19 bits per heavy atom. The molecule has 4 nitrogen and oxygen atoms in total. The molecule has 0 bridgehead atoms. The summed E-state index contributed by atoms with van der Waals surface area (Å²) in [5.74, 6) is 0. The van der Waals surface area contributed by atoms with Gasteiger partial charge in [-0.05, 0) is 40.2 Å². The number of nitrogens with one attached hydrogen (secondary N) is 1. The second kappa shape index (κ2) is 6.66. The molecule has 0 radical (unpaired) electrons. The molecule has 1 aromatic rings. The summed E-state index contributed by atoms with van der Waals surface area (Å²) in [5, 5.41) is 16.7. The van der Waals surface area contributed by atoms with Crippen molar-refractivity contribution in [3.63, 3.8) is 0 Å². The van der Waals surface area contributed by atoms with Crippen molar-refractivity contribution in [2.24, 2.45) is 0 Å². The van der Waals surface area contributed by atoms with Crippen molar-refractivity contribution < 1.29 is 5.11 Å². The Morgan fingerprint density at radius 3 is 2.75 bits per heavy atom. The molecule has 1 unspecified atom stereocenters. The summed E-state index contributed by atoms with van der Waals surface area (Å²) in [5.41, 5.74) is 1.21. The fraction of sp³-hybridized carbons (Fsp3) is 0.750. The van der Waals surface area contributed by atoms with Gasteiger partial charge in [0.2, 0.25) is 0 Å². The molecule has 16 heavy (non-hydrogen) atoms. The lowest BCUT2D eigenvalue weighted by atomic mass is 10.2. The van der Waals surface area contributed by atoms with Crippen LogP contribution in [0.2, 0.25) is 0 Å². The van der Waals surface area contributed by atoms with E-state index in [1.165, 1.54) is 5.56 Å². The molecule has 0 aliphatic carbocycles. The summed E-state index contributed by atoms with van der Waals surface area (Å²) in [6, 6.07) is 0.420. The fourth-order valence-corrected chi connectivity index (χ4v) is 1.51. The average molecular weight is 225 g/mol. The van der Waals surface area contributed by atoms with E-state index in [1.807, 2.05) is 17.8 Å². The number of aromatic nitrogens is 2. The second-order valence-corrected chi connectivity index (χ2v) is 4.59. The maximum Gasteiger partial charge on any atom is 0.0534 e. The highest BCUT2D eigenvalue weighted by Crippen LogP contribution is 2.04. The summed E-state index contributed by atoms with van der Waals surface area (Å²) in [7, 11) is 0. The van der Waals surface area contributed by atoms with Crippen molar-refractivity contribution in [3.05, 3.63) is 18.0 Å². The predicted molar refractivity (Wildman–Crippen MR) is 65.2 cm³/mol. The topological polar surface area (TPSA) is 50.1 Å². The number of hydrogen-bond donors (Lipinski definition) is 2. The van der Waals surface area contributed by atoms with Crippen LogP contribution in [0.5, 0.6) is 0 Å². The molecule has 0 aliphatic rings. The van der Waals surface area contributed by atoms with Crippen LogP contribution < -0.4 is 5.32 Å². The van der Waals surface area contributed by atoms with E-state index in [2.05, 4.69) is 30.5 Å². The SMILES string of the molecule is CC(O)CCCNCc1cnn(C(C)C)c1. The Bertz CT molecular complexity index is 294. The van der Waals surface area contributed by atoms with Gasteiger partial charge >= 0.3 is 0 Å². The zero-order chi connectivity index (χ0) is 12.0. The first-order chi connectivity index (χ1) is 7.59. The highest BCUT2D eigenvalue weighted by Gasteiger charge is 2.01. The largest absolute Gasteiger partial charge is 0.393 e. The molecule has 4 heteroatoms. The van der Waals surface area contributed by atoms with Crippen molar-refractivity contribution in [2.45, 2.75) is 52.3 Å². The highest BCUT2D eigenvalue weighted by atomic mass is 16.3. The molecule has 0 aromatic carbocycles. The lowest BCUT2D eigenvalue weighted by Gasteiger charge is -2.05. The average Bonchev–Trinajstić information content (AvgIpc) is 2.65. The smallest absolute Gasteiger partial charge is 0.0534 e. The summed E-state index contributed by atoms with van der Waals surface area (Å²) >= 11 is 0. The molecule has 1 heterocycles. The van der Waals surface area contributed by atoms with Crippen LogP contribution in [0.1, 0.15) is 45.2 Å². The van der Waals surface area contributed by atoms with Gasteiger partial charge in [0.15, 0.2) is 0 Å². The Hall–Kier alpha value is -0.870. The molecule has 0 spiro atoms. The molecule has 0 fully saturated rings. The second-order valence-electron chi connectivity index (χ2n) is 4.59. The molecule has 2 N–H and O–H groups in total. The van der Waals surface area contributed by atoms with E-state index in [1.54, 1.807) is 0 Å². The van der Waals surface area contributed by atoms with Crippen LogP contribution in [0.15, 0.2) is 12.4 Å². The molecule has 1 rings (SSSR count). The predicted octanol–water partition coefficient (Wildman–Crippen LogP) is 1.71. The third-order valence-electron chi connectivity index (χ3n) is 2.49. The minimum absolute atomic E-state index is 0.189. The van der Waals surface area contributed by atoms with Gasteiger partial charge in [-0.3, -0.25) is 4.68 Å².